The smallest absolute Gasteiger partial charge is 0.339 e. The van der Waals surface area contributed by atoms with Gasteiger partial charge in [-0.1, -0.05) is 60.7 Å². The van der Waals surface area contributed by atoms with Gasteiger partial charge in [-0.3, -0.25) is 0 Å². The molecule has 0 saturated carbocycles. The Kier molecular flexibility index (Phi) is 8.20. The van der Waals surface area contributed by atoms with E-state index < -0.39 is 5.97 Å². The molecule has 3 N–H and O–H groups in total. The van der Waals surface area contributed by atoms with Gasteiger partial charge >= 0.3 is 11.9 Å². The molecule has 0 aromatic heterocycles. The number of rotatable bonds is 6. The Morgan fingerprint density at radius 2 is 1.00 bits per heavy atom. The predicted octanol–water partition coefficient (Wildman–Crippen LogP) is 6.35. The van der Waals surface area contributed by atoms with Crippen LogP contribution in [0.2, 0.25) is 0 Å². The van der Waals surface area contributed by atoms with E-state index in [9.17, 15) is 9.59 Å². The van der Waals surface area contributed by atoms with Crippen molar-refractivity contribution in [2.45, 2.75) is 0 Å². The van der Waals surface area contributed by atoms with Crippen molar-refractivity contribution in [2.75, 3.05) is 17.7 Å². The number of nitrogens with one attached hydrogen (secondary N) is 2. The van der Waals surface area contributed by atoms with Gasteiger partial charge in [0.25, 0.3) is 0 Å². The average Bonchev–Trinajstić information content (AvgIpc) is 2.86. The standard InChI is InChI=1S/C14H13NO2.C13H11NO2/c1-17-14(16)12-9-5-6-10-13(12)15-11-7-3-2-4-8-11;15-13(16)11-8-4-5-9-12(11)14-10-6-2-1-3-7-10/h2-10,15H,1H3;1-9,14H,(H,15,16). The first kappa shape index (κ1) is 23.1. The number of aromatic carboxylic acids is 1. The number of carboxylic acid groups (broad SMARTS) is 1. The first-order chi connectivity index (χ1) is 16.1. The minimum absolute atomic E-state index is 0.270. The van der Waals surface area contributed by atoms with Crippen LogP contribution in [0.15, 0.2) is 109 Å². The molecule has 33 heavy (non-hydrogen) atoms. The largest absolute Gasteiger partial charge is 0.478 e. The number of carbonyl (C=O) groups excluding carboxylic acids is 1. The van der Waals surface area contributed by atoms with Gasteiger partial charge in [-0.15, -0.1) is 0 Å². The van der Waals surface area contributed by atoms with Gasteiger partial charge < -0.3 is 20.5 Å². The third-order valence-electron chi connectivity index (χ3n) is 4.60. The fourth-order valence-electron chi connectivity index (χ4n) is 3.01. The van der Waals surface area contributed by atoms with Crippen molar-refractivity contribution in [3.05, 3.63) is 120 Å². The molecule has 0 aliphatic heterocycles. The van der Waals surface area contributed by atoms with E-state index in [1.807, 2.05) is 78.9 Å². The summed E-state index contributed by atoms with van der Waals surface area (Å²) < 4.78 is 4.74. The minimum atomic E-state index is -0.931. The number of hydrogen-bond acceptors (Lipinski definition) is 5. The van der Waals surface area contributed by atoms with Crippen LogP contribution < -0.4 is 10.6 Å². The first-order valence-electron chi connectivity index (χ1n) is 10.2. The van der Waals surface area contributed by atoms with Crippen LogP contribution in [-0.4, -0.2) is 24.2 Å². The van der Waals surface area contributed by atoms with Gasteiger partial charge in [-0.2, -0.15) is 0 Å². The number of carboxylic acids is 1. The molecule has 166 valence electrons. The van der Waals surface area contributed by atoms with Crippen LogP contribution in [0.3, 0.4) is 0 Å². The summed E-state index contributed by atoms with van der Waals surface area (Å²) in [4.78, 5) is 22.5. The Labute approximate surface area is 192 Å². The number of carbonyl (C=O) groups is 2. The Morgan fingerprint density at radius 3 is 1.45 bits per heavy atom. The van der Waals surface area contributed by atoms with Crippen molar-refractivity contribution in [3.8, 4) is 0 Å². The van der Waals surface area contributed by atoms with Gasteiger partial charge in [0.1, 0.15) is 0 Å². The lowest BCUT2D eigenvalue weighted by atomic mass is 10.1. The van der Waals surface area contributed by atoms with Crippen LogP contribution in [0.1, 0.15) is 20.7 Å². The van der Waals surface area contributed by atoms with Crippen molar-refractivity contribution < 1.29 is 19.4 Å². The molecule has 0 saturated heterocycles. The van der Waals surface area contributed by atoms with Crippen molar-refractivity contribution >= 4 is 34.7 Å². The summed E-state index contributed by atoms with van der Waals surface area (Å²) in [7, 11) is 1.38. The highest BCUT2D eigenvalue weighted by Crippen LogP contribution is 2.21. The molecule has 6 heteroatoms. The van der Waals surface area contributed by atoms with E-state index >= 15 is 0 Å². The lowest BCUT2D eigenvalue weighted by molar-refractivity contribution is 0.0601. The van der Waals surface area contributed by atoms with Gasteiger partial charge in [0.15, 0.2) is 0 Å². The molecule has 0 atom stereocenters. The zero-order valence-corrected chi connectivity index (χ0v) is 18.1. The fraction of sp³-hybridized carbons (Fsp3) is 0.0370. The molecule has 0 heterocycles. The molecule has 4 aromatic rings. The molecule has 4 aromatic carbocycles. The summed E-state index contributed by atoms with van der Waals surface area (Å²) in [5.74, 6) is -1.27. The monoisotopic (exact) mass is 440 g/mol. The first-order valence-corrected chi connectivity index (χ1v) is 10.2. The van der Waals surface area contributed by atoms with Gasteiger partial charge in [-0.05, 0) is 48.5 Å². The fourth-order valence-corrected chi connectivity index (χ4v) is 3.01. The minimum Gasteiger partial charge on any atom is -0.478 e. The Hall–Kier alpha value is -4.58. The molecule has 6 nitrogen and oxygen atoms in total. The average molecular weight is 440 g/mol. The van der Waals surface area contributed by atoms with Crippen molar-refractivity contribution in [2.24, 2.45) is 0 Å². The van der Waals surface area contributed by atoms with E-state index in [1.54, 1.807) is 30.3 Å². The Balaban J connectivity index is 0.000000186. The molecular formula is C27H24N2O4. The van der Waals surface area contributed by atoms with E-state index in [0.717, 1.165) is 17.1 Å². The van der Waals surface area contributed by atoms with Crippen LogP contribution in [-0.2, 0) is 4.74 Å². The second-order valence-corrected chi connectivity index (χ2v) is 6.87. The molecule has 0 unspecified atom stereocenters. The van der Waals surface area contributed by atoms with Crippen LogP contribution in [0.4, 0.5) is 22.7 Å². The highest BCUT2D eigenvalue weighted by Gasteiger charge is 2.10. The number of esters is 1. The van der Waals surface area contributed by atoms with Crippen molar-refractivity contribution in [3.63, 3.8) is 0 Å². The SMILES string of the molecule is COC(=O)c1ccccc1Nc1ccccc1.O=C(O)c1ccccc1Nc1ccccc1. The summed E-state index contributed by atoms with van der Waals surface area (Å²) in [5.41, 5.74) is 3.94. The van der Waals surface area contributed by atoms with Crippen LogP contribution in [0, 0.1) is 0 Å². The highest BCUT2D eigenvalue weighted by atomic mass is 16.5. The third kappa shape index (κ3) is 6.70. The molecule has 0 aliphatic rings. The van der Waals surface area contributed by atoms with E-state index in [0.29, 0.717) is 11.3 Å². The van der Waals surface area contributed by atoms with Gasteiger partial charge in [0, 0.05) is 11.4 Å². The van der Waals surface area contributed by atoms with E-state index in [2.05, 4.69) is 10.6 Å². The number of benzene rings is 4. The van der Waals surface area contributed by atoms with Crippen LogP contribution in [0.5, 0.6) is 0 Å². The Bertz CT molecular complexity index is 1190. The number of ether oxygens (including phenoxy) is 1. The predicted molar refractivity (Wildman–Crippen MR) is 131 cm³/mol. The maximum atomic E-state index is 11.6. The normalized spacial score (nSPS) is 9.73. The molecule has 0 aliphatic carbocycles. The maximum Gasteiger partial charge on any atom is 0.339 e. The van der Waals surface area contributed by atoms with Gasteiger partial charge in [-0.25, -0.2) is 9.59 Å². The van der Waals surface area contributed by atoms with E-state index in [-0.39, 0.29) is 11.5 Å². The van der Waals surface area contributed by atoms with Crippen LogP contribution >= 0.6 is 0 Å². The number of anilines is 4. The van der Waals surface area contributed by atoms with Crippen molar-refractivity contribution in [1.82, 2.24) is 0 Å². The Morgan fingerprint density at radius 1 is 0.606 bits per heavy atom. The summed E-state index contributed by atoms with van der Waals surface area (Å²) in [6.07, 6.45) is 0. The second-order valence-electron chi connectivity index (χ2n) is 6.87. The summed E-state index contributed by atoms with van der Waals surface area (Å²) in [6, 6.07) is 33.3. The quantitative estimate of drug-likeness (QED) is 0.303. The van der Waals surface area contributed by atoms with Gasteiger partial charge in [0.2, 0.25) is 0 Å². The molecular weight excluding hydrogens is 416 g/mol. The lowest BCUT2D eigenvalue weighted by Crippen LogP contribution is -2.05. The summed E-state index contributed by atoms with van der Waals surface area (Å²) >= 11 is 0. The van der Waals surface area contributed by atoms with E-state index in [4.69, 9.17) is 9.84 Å². The zero-order valence-electron chi connectivity index (χ0n) is 18.1. The molecule has 0 spiro atoms. The molecule has 0 radical (unpaired) electrons. The number of para-hydroxylation sites is 4. The number of hydrogen-bond donors (Lipinski definition) is 3. The zero-order chi connectivity index (χ0) is 23.5. The molecule has 0 fully saturated rings. The van der Waals surface area contributed by atoms with Gasteiger partial charge in [0.05, 0.1) is 29.6 Å². The highest BCUT2D eigenvalue weighted by molar-refractivity contribution is 5.96. The van der Waals surface area contributed by atoms with Crippen molar-refractivity contribution in [1.29, 1.82) is 0 Å². The lowest BCUT2D eigenvalue weighted by Gasteiger charge is -2.10. The summed E-state index contributed by atoms with van der Waals surface area (Å²) in [5, 5.41) is 15.3. The molecule has 0 bridgehead atoms. The topological polar surface area (TPSA) is 87.7 Å². The maximum absolute atomic E-state index is 11.6. The third-order valence-corrected chi connectivity index (χ3v) is 4.60. The summed E-state index contributed by atoms with van der Waals surface area (Å²) in [6.45, 7) is 0. The number of methoxy groups -OCH3 is 1. The molecule has 4 rings (SSSR count). The van der Waals surface area contributed by atoms with E-state index in [1.165, 1.54) is 7.11 Å². The second kappa shape index (κ2) is 11.7. The molecule has 0 amide bonds. The van der Waals surface area contributed by atoms with Crippen LogP contribution in [0.25, 0.3) is 0 Å².